The smallest absolute Gasteiger partial charge is 0.160 e. The molecule has 0 saturated carbocycles. The van der Waals surface area contributed by atoms with Gasteiger partial charge in [-0.3, -0.25) is 0 Å². The zero-order chi connectivity index (χ0) is 32.0. The molecule has 0 saturated heterocycles. The Balaban J connectivity index is 1.20. The van der Waals surface area contributed by atoms with Crippen molar-refractivity contribution in [2.75, 3.05) is 0 Å². The number of furan rings is 1. The van der Waals surface area contributed by atoms with Gasteiger partial charge in [-0.2, -0.15) is 0 Å². The van der Waals surface area contributed by atoms with Crippen molar-refractivity contribution in [2.24, 2.45) is 0 Å². The van der Waals surface area contributed by atoms with E-state index < -0.39 is 0 Å². The fourth-order valence-corrected chi connectivity index (χ4v) is 7.76. The van der Waals surface area contributed by atoms with Crippen molar-refractivity contribution in [3.8, 4) is 45.0 Å². The molecule has 0 spiro atoms. The molecule has 0 atom stereocenters. The number of fused-ring (bicyclic) bond motifs is 8. The van der Waals surface area contributed by atoms with Crippen LogP contribution >= 0.6 is 0 Å². The maximum absolute atomic E-state index is 6.18. The molecule has 0 aliphatic heterocycles. The fraction of sp³-hybridized carbons (Fsp3) is 0.0667. The highest BCUT2D eigenvalue weighted by molar-refractivity contribution is 6.10. The van der Waals surface area contributed by atoms with Gasteiger partial charge in [0.1, 0.15) is 11.2 Å². The molecule has 0 unspecified atom stereocenters. The van der Waals surface area contributed by atoms with Gasteiger partial charge >= 0.3 is 0 Å². The van der Waals surface area contributed by atoms with E-state index in [0.29, 0.717) is 5.82 Å². The Hall–Kier alpha value is -6.06. The maximum atomic E-state index is 6.18. The average Bonchev–Trinajstić information content (AvgIpc) is 3.60. The summed E-state index contributed by atoms with van der Waals surface area (Å²) in [5.41, 5.74) is 11.9. The summed E-state index contributed by atoms with van der Waals surface area (Å²) in [4.78, 5) is 10.5. The second-order valence-corrected chi connectivity index (χ2v) is 13.4. The number of para-hydroxylation sites is 1. The van der Waals surface area contributed by atoms with Gasteiger partial charge in [-0.05, 0) is 86.3 Å². The Labute approximate surface area is 278 Å². The van der Waals surface area contributed by atoms with Gasteiger partial charge in [-0.25, -0.2) is 9.97 Å². The summed E-state index contributed by atoms with van der Waals surface area (Å²) in [7, 11) is 0. The van der Waals surface area contributed by atoms with Gasteiger partial charge < -0.3 is 4.42 Å². The highest BCUT2D eigenvalue weighted by atomic mass is 16.3. The second-order valence-electron chi connectivity index (χ2n) is 13.4. The molecule has 48 heavy (non-hydrogen) atoms. The standard InChI is InChI=1S/C45H30N2O/c1-45(2)37-17-10-16-34(43(37)36-22-28-13-6-7-14-29(28)24-38(36)45)40-26-39(46-44(47-40)27-11-4-3-5-12-27)31-20-19-30-25-42-35(23-32(30)21-31)33-15-8-9-18-41(33)48-42/h3-26H,1-2H3. The van der Waals surface area contributed by atoms with Crippen LogP contribution in [0.2, 0.25) is 0 Å². The van der Waals surface area contributed by atoms with Crippen molar-refractivity contribution >= 4 is 43.5 Å². The first-order valence-electron chi connectivity index (χ1n) is 16.5. The van der Waals surface area contributed by atoms with E-state index in [9.17, 15) is 0 Å². The summed E-state index contributed by atoms with van der Waals surface area (Å²) in [6, 6.07) is 51.8. The van der Waals surface area contributed by atoms with Crippen molar-refractivity contribution in [3.63, 3.8) is 0 Å². The lowest BCUT2D eigenvalue weighted by Gasteiger charge is -2.22. The van der Waals surface area contributed by atoms with Crippen LogP contribution in [0.4, 0.5) is 0 Å². The number of aromatic nitrogens is 2. The molecule has 0 N–H and O–H groups in total. The number of nitrogens with zero attached hydrogens (tertiary/aromatic N) is 2. The molecule has 7 aromatic carbocycles. The monoisotopic (exact) mass is 614 g/mol. The van der Waals surface area contributed by atoms with Crippen LogP contribution in [0, 0.1) is 0 Å². The van der Waals surface area contributed by atoms with Crippen LogP contribution in [0.1, 0.15) is 25.0 Å². The minimum Gasteiger partial charge on any atom is -0.456 e. The SMILES string of the molecule is CC1(C)c2cc3ccccc3cc2-c2c(-c3cc(-c4ccc5cc6oc7ccccc7c6cc5c4)nc(-c4ccccc4)n3)cccc21. The number of benzene rings is 7. The lowest BCUT2D eigenvalue weighted by molar-refractivity contribution is 0.661. The van der Waals surface area contributed by atoms with E-state index >= 15 is 0 Å². The molecular weight excluding hydrogens is 585 g/mol. The average molecular weight is 615 g/mol. The minimum absolute atomic E-state index is 0.135. The van der Waals surface area contributed by atoms with E-state index in [1.54, 1.807) is 0 Å². The van der Waals surface area contributed by atoms with E-state index in [-0.39, 0.29) is 5.41 Å². The van der Waals surface area contributed by atoms with Crippen molar-refractivity contribution in [1.82, 2.24) is 9.97 Å². The van der Waals surface area contributed by atoms with Gasteiger partial charge in [0.2, 0.25) is 0 Å². The van der Waals surface area contributed by atoms with Crippen LogP contribution in [0.3, 0.4) is 0 Å². The highest BCUT2D eigenvalue weighted by Gasteiger charge is 2.37. The first-order chi connectivity index (χ1) is 23.5. The predicted molar refractivity (Wildman–Crippen MR) is 198 cm³/mol. The molecule has 0 radical (unpaired) electrons. The van der Waals surface area contributed by atoms with Gasteiger partial charge in [-0.1, -0.05) is 117 Å². The first kappa shape index (κ1) is 27.1. The van der Waals surface area contributed by atoms with Gasteiger partial charge in [-0.15, -0.1) is 0 Å². The van der Waals surface area contributed by atoms with Crippen LogP contribution in [0.15, 0.2) is 150 Å². The Morgan fingerprint density at radius 1 is 0.458 bits per heavy atom. The lowest BCUT2D eigenvalue weighted by atomic mass is 9.81. The summed E-state index contributed by atoms with van der Waals surface area (Å²) >= 11 is 0. The zero-order valence-corrected chi connectivity index (χ0v) is 26.7. The molecule has 2 heterocycles. The molecular formula is C45H30N2O. The Kier molecular flexibility index (Phi) is 5.63. The van der Waals surface area contributed by atoms with Crippen molar-refractivity contribution in [1.29, 1.82) is 0 Å². The van der Waals surface area contributed by atoms with Crippen molar-refractivity contribution < 1.29 is 4.42 Å². The van der Waals surface area contributed by atoms with E-state index in [4.69, 9.17) is 14.4 Å². The summed E-state index contributed by atoms with van der Waals surface area (Å²) in [6.07, 6.45) is 0. The normalized spacial score (nSPS) is 13.4. The Bertz CT molecular complexity index is 2750. The zero-order valence-electron chi connectivity index (χ0n) is 26.7. The molecule has 1 aliphatic rings. The molecule has 226 valence electrons. The largest absolute Gasteiger partial charge is 0.456 e. The summed E-state index contributed by atoms with van der Waals surface area (Å²) in [5.74, 6) is 0.716. The van der Waals surface area contributed by atoms with E-state index in [1.165, 1.54) is 33.0 Å². The summed E-state index contributed by atoms with van der Waals surface area (Å²) < 4.78 is 6.18. The topological polar surface area (TPSA) is 38.9 Å². The van der Waals surface area contributed by atoms with Gasteiger partial charge in [0, 0.05) is 32.9 Å². The van der Waals surface area contributed by atoms with Crippen LogP contribution in [0.5, 0.6) is 0 Å². The fourth-order valence-electron chi connectivity index (χ4n) is 7.76. The van der Waals surface area contributed by atoms with Crippen molar-refractivity contribution in [2.45, 2.75) is 19.3 Å². The third kappa shape index (κ3) is 4.01. The molecule has 10 rings (SSSR count). The molecule has 3 heteroatoms. The highest BCUT2D eigenvalue weighted by Crippen LogP contribution is 2.53. The summed E-state index contributed by atoms with van der Waals surface area (Å²) in [6.45, 7) is 4.68. The Morgan fingerprint density at radius 2 is 1.21 bits per heavy atom. The minimum atomic E-state index is -0.135. The Morgan fingerprint density at radius 3 is 2.08 bits per heavy atom. The van der Waals surface area contributed by atoms with Gasteiger partial charge in [0.25, 0.3) is 0 Å². The molecule has 1 aliphatic carbocycles. The van der Waals surface area contributed by atoms with Crippen LogP contribution in [-0.2, 0) is 5.41 Å². The molecule has 0 bridgehead atoms. The van der Waals surface area contributed by atoms with E-state index in [0.717, 1.165) is 60.8 Å². The van der Waals surface area contributed by atoms with Gasteiger partial charge in [0.05, 0.1) is 11.4 Å². The number of hydrogen-bond donors (Lipinski definition) is 0. The van der Waals surface area contributed by atoms with E-state index in [2.05, 4.69) is 129 Å². The second kappa shape index (κ2) is 9.97. The molecule has 9 aromatic rings. The van der Waals surface area contributed by atoms with E-state index in [1.807, 2.05) is 30.3 Å². The number of hydrogen-bond acceptors (Lipinski definition) is 3. The van der Waals surface area contributed by atoms with Gasteiger partial charge in [0.15, 0.2) is 5.82 Å². The summed E-state index contributed by atoms with van der Waals surface area (Å²) in [5, 5.41) is 7.05. The third-order valence-corrected chi connectivity index (χ3v) is 10.2. The quantitative estimate of drug-likeness (QED) is 0.199. The van der Waals surface area contributed by atoms with Crippen molar-refractivity contribution in [3.05, 3.63) is 157 Å². The number of rotatable bonds is 3. The molecule has 0 fully saturated rings. The van der Waals surface area contributed by atoms with Crippen LogP contribution in [-0.4, -0.2) is 9.97 Å². The molecule has 0 amide bonds. The molecule has 3 nitrogen and oxygen atoms in total. The maximum Gasteiger partial charge on any atom is 0.160 e. The third-order valence-electron chi connectivity index (χ3n) is 10.2. The predicted octanol–water partition coefficient (Wildman–Crippen LogP) is 12.0. The van der Waals surface area contributed by atoms with Crippen LogP contribution in [0.25, 0.3) is 88.5 Å². The molecule has 2 aromatic heterocycles. The first-order valence-corrected chi connectivity index (χ1v) is 16.5. The van der Waals surface area contributed by atoms with Crippen LogP contribution < -0.4 is 0 Å². The lowest BCUT2D eigenvalue weighted by Crippen LogP contribution is -2.14.